The molecule has 0 saturated heterocycles. The summed E-state index contributed by atoms with van der Waals surface area (Å²) in [4.78, 5) is 4.63. The van der Waals surface area contributed by atoms with E-state index in [1.807, 2.05) is 6.07 Å². The zero-order valence-electron chi connectivity index (χ0n) is 10.9. The molecule has 1 aliphatic rings. The summed E-state index contributed by atoms with van der Waals surface area (Å²) in [5, 5.41) is 0. The molecule has 0 bridgehead atoms. The number of aromatic nitrogens is 1. The number of fused-ring (bicyclic) bond motifs is 1. The van der Waals surface area contributed by atoms with Gasteiger partial charge in [-0.2, -0.15) is 0 Å². The Labute approximate surface area is 108 Å². The molecule has 0 saturated carbocycles. The Morgan fingerprint density at radius 2 is 2.00 bits per heavy atom. The molecule has 18 heavy (non-hydrogen) atoms. The molecule has 2 heteroatoms. The van der Waals surface area contributed by atoms with E-state index >= 15 is 0 Å². The highest BCUT2D eigenvalue weighted by Crippen LogP contribution is 2.27. The number of rotatable bonds is 1. The largest absolute Gasteiger partial charge is 0.436 e. The van der Waals surface area contributed by atoms with E-state index < -0.39 is 0 Å². The maximum absolute atomic E-state index is 5.88. The van der Waals surface area contributed by atoms with Crippen LogP contribution in [0.1, 0.15) is 50.0 Å². The smallest absolute Gasteiger partial charge is 0.222 e. The van der Waals surface area contributed by atoms with Crippen LogP contribution in [-0.4, -0.2) is 4.98 Å². The van der Waals surface area contributed by atoms with E-state index in [2.05, 4.69) is 30.1 Å². The van der Waals surface area contributed by atoms with Crippen molar-refractivity contribution in [2.24, 2.45) is 0 Å². The van der Waals surface area contributed by atoms with Crippen molar-refractivity contribution in [1.82, 2.24) is 4.98 Å². The van der Waals surface area contributed by atoms with Gasteiger partial charge in [0, 0.05) is 5.57 Å². The zero-order chi connectivity index (χ0) is 12.4. The second-order valence-electron chi connectivity index (χ2n) is 5.17. The van der Waals surface area contributed by atoms with Crippen molar-refractivity contribution >= 4 is 16.7 Å². The van der Waals surface area contributed by atoms with Crippen molar-refractivity contribution in [3.05, 3.63) is 35.7 Å². The van der Waals surface area contributed by atoms with Gasteiger partial charge in [0.15, 0.2) is 5.58 Å². The number of aryl methyl sites for hydroxylation is 1. The predicted molar refractivity (Wildman–Crippen MR) is 74.4 cm³/mol. The van der Waals surface area contributed by atoms with Gasteiger partial charge in [0.1, 0.15) is 5.52 Å². The van der Waals surface area contributed by atoms with Crippen molar-refractivity contribution in [3.63, 3.8) is 0 Å². The van der Waals surface area contributed by atoms with Crippen molar-refractivity contribution in [2.45, 2.75) is 45.4 Å². The van der Waals surface area contributed by atoms with Crippen molar-refractivity contribution < 1.29 is 4.42 Å². The molecular weight excluding hydrogens is 222 g/mol. The normalized spacial score (nSPS) is 20.2. The fraction of sp³-hybridized carbons (Fsp3) is 0.438. The van der Waals surface area contributed by atoms with Crippen LogP contribution in [0.15, 0.2) is 28.7 Å². The van der Waals surface area contributed by atoms with E-state index in [1.165, 1.54) is 36.8 Å². The van der Waals surface area contributed by atoms with E-state index in [0.29, 0.717) is 0 Å². The van der Waals surface area contributed by atoms with E-state index in [4.69, 9.17) is 4.42 Å². The van der Waals surface area contributed by atoms with Gasteiger partial charge in [-0.25, -0.2) is 4.98 Å². The molecule has 2 nitrogen and oxygen atoms in total. The van der Waals surface area contributed by atoms with Gasteiger partial charge in [-0.1, -0.05) is 25.0 Å². The molecule has 1 heterocycles. The lowest BCUT2D eigenvalue weighted by atomic mass is 10.00. The van der Waals surface area contributed by atoms with E-state index in [-0.39, 0.29) is 0 Å². The second-order valence-corrected chi connectivity index (χ2v) is 5.17. The van der Waals surface area contributed by atoms with Gasteiger partial charge >= 0.3 is 0 Å². The average Bonchev–Trinajstić information content (AvgIpc) is 2.71. The lowest BCUT2D eigenvalue weighted by molar-refractivity contribution is 0.570. The summed E-state index contributed by atoms with van der Waals surface area (Å²) in [6.45, 7) is 2.09. The minimum absolute atomic E-state index is 0.831. The predicted octanol–water partition coefficient (Wildman–Crippen LogP) is 4.87. The average molecular weight is 241 g/mol. The standard InChI is InChI=1S/C16H19NO/c1-12-9-10-15-14(11-12)17-16(18-15)13-7-5-3-2-4-6-8-13/h7,9-11H,2-6,8H2,1H3/b13-7+. The Morgan fingerprint density at radius 1 is 1.11 bits per heavy atom. The SMILES string of the molecule is Cc1ccc2oc(/C3=C/CCCCCC3)nc2c1. The Morgan fingerprint density at radius 3 is 2.94 bits per heavy atom. The first kappa shape index (κ1) is 11.5. The van der Waals surface area contributed by atoms with Crippen LogP contribution < -0.4 is 0 Å². The quantitative estimate of drug-likeness (QED) is 0.711. The maximum atomic E-state index is 5.88. The minimum atomic E-state index is 0.831. The first-order chi connectivity index (χ1) is 8.83. The third-order valence-corrected chi connectivity index (χ3v) is 3.61. The topological polar surface area (TPSA) is 26.0 Å². The van der Waals surface area contributed by atoms with E-state index in [1.54, 1.807) is 0 Å². The fourth-order valence-electron chi connectivity index (χ4n) is 2.56. The molecule has 1 aromatic carbocycles. The molecule has 0 atom stereocenters. The van der Waals surface area contributed by atoms with Crippen molar-refractivity contribution in [1.29, 1.82) is 0 Å². The molecule has 0 N–H and O–H groups in total. The van der Waals surface area contributed by atoms with Gasteiger partial charge in [0.05, 0.1) is 0 Å². The molecule has 2 aromatic rings. The molecule has 0 amide bonds. The molecule has 0 aliphatic heterocycles. The Bertz CT molecular complexity index is 580. The molecule has 0 spiro atoms. The molecule has 0 unspecified atom stereocenters. The maximum Gasteiger partial charge on any atom is 0.222 e. The molecular formula is C16H19NO. The Hall–Kier alpha value is -1.57. The summed E-state index contributed by atoms with van der Waals surface area (Å²) in [5.74, 6) is 0.831. The van der Waals surface area contributed by atoms with Crippen molar-refractivity contribution in [2.75, 3.05) is 0 Å². The first-order valence-electron chi connectivity index (χ1n) is 6.89. The van der Waals surface area contributed by atoms with Crippen LogP contribution in [0.25, 0.3) is 16.7 Å². The molecule has 1 aromatic heterocycles. The van der Waals surface area contributed by atoms with E-state index in [9.17, 15) is 0 Å². The van der Waals surface area contributed by atoms with Crippen LogP contribution in [0.2, 0.25) is 0 Å². The van der Waals surface area contributed by atoms with Crippen LogP contribution in [0.3, 0.4) is 0 Å². The van der Waals surface area contributed by atoms with Gasteiger partial charge in [-0.15, -0.1) is 0 Å². The number of benzene rings is 1. The summed E-state index contributed by atoms with van der Waals surface area (Å²) in [5.41, 5.74) is 4.41. The van der Waals surface area contributed by atoms with Crippen LogP contribution >= 0.6 is 0 Å². The van der Waals surface area contributed by atoms with Crippen LogP contribution in [0.5, 0.6) is 0 Å². The van der Waals surface area contributed by atoms with E-state index in [0.717, 1.165) is 29.8 Å². The molecule has 0 radical (unpaired) electrons. The second kappa shape index (κ2) is 4.97. The number of nitrogens with zero attached hydrogens (tertiary/aromatic N) is 1. The number of hydrogen-bond donors (Lipinski definition) is 0. The fourth-order valence-corrected chi connectivity index (χ4v) is 2.56. The first-order valence-corrected chi connectivity index (χ1v) is 6.89. The van der Waals surface area contributed by atoms with Gasteiger partial charge in [-0.3, -0.25) is 0 Å². The monoisotopic (exact) mass is 241 g/mol. The van der Waals surface area contributed by atoms with Gasteiger partial charge in [0.25, 0.3) is 0 Å². The van der Waals surface area contributed by atoms with Gasteiger partial charge in [0.2, 0.25) is 5.89 Å². The van der Waals surface area contributed by atoms with Crippen molar-refractivity contribution in [3.8, 4) is 0 Å². The summed E-state index contributed by atoms with van der Waals surface area (Å²) in [6.07, 6.45) is 9.81. The van der Waals surface area contributed by atoms with Gasteiger partial charge in [-0.05, 0) is 50.3 Å². The zero-order valence-corrected chi connectivity index (χ0v) is 10.9. The third kappa shape index (κ3) is 2.33. The highest BCUT2D eigenvalue weighted by molar-refractivity contribution is 5.76. The highest BCUT2D eigenvalue weighted by atomic mass is 16.3. The van der Waals surface area contributed by atoms with Crippen LogP contribution in [0, 0.1) is 6.92 Å². The lowest BCUT2D eigenvalue weighted by Gasteiger charge is -2.07. The molecule has 94 valence electrons. The van der Waals surface area contributed by atoms with Crippen LogP contribution in [-0.2, 0) is 0 Å². The summed E-state index contributed by atoms with van der Waals surface area (Å²) in [6, 6.07) is 6.18. The molecule has 3 rings (SSSR count). The number of hydrogen-bond acceptors (Lipinski definition) is 2. The third-order valence-electron chi connectivity index (χ3n) is 3.61. The summed E-state index contributed by atoms with van der Waals surface area (Å²) >= 11 is 0. The molecule has 1 aliphatic carbocycles. The molecule has 0 fully saturated rings. The summed E-state index contributed by atoms with van der Waals surface area (Å²) < 4.78 is 5.88. The lowest BCUT2D eigenvalue weighted by Crippen LogP contribution is -1.90. The summed E-state index contributed by atoms with van der Waals surface area (Å²) in [7, 11) is 0. The number of allylic oxidation sites excluding steroid dienone is 2. The van der Waals surface area contributed by atoms with Gasteiger partial charge < -0.3 is 4.42 Å². The Kier molecular flexibility index (Phi) is 3.18. The number of oxazole rings is 1. The van der Waals surface area contributed by atoms with Crippen LogP contribution in [0.4, 0.5) is 0 Å². The Balaban J connectivity index is 1.97. The minimum Gasteiger partial charge on any atom is -0.436 e. The highest BCUT2D eigenvalue weighted by Gasteiger charge is 2.11.